The summed E-state index contributed by atoms with van der Waals surface area (Å²) >= 11 is 0. The summed E-state index contributed by atoms with van der Waals surface area (Å²) < 4.78 is 5.08. The fourth-order valence-corrected chi connectivity index (χ4v) is 1.46. The average molecular weight is 186 g/mol. The minimum Gasteiger partial charge on any atom is -0.464 e. The van der Waals surface area contributed by atoms with Gasteiger partial charge in [-0.2, -0.15) is 0 Å². The SMILES string of the molecule is CCCCOC(=O)C1CCCN1N. The number of nitrogens with two attached hydrogens (primary N) is 1. The zero-order chi connectivity index (χ0) is 9.68. The van der Waals surface area contributed by atoms with Crippen molar-refractivity contribution in [2.75, 3.05) is 13.2 Å². The Morgan fingerprint density at radius 3 is 3.00 bits per heavy atom. The van der Waals surface area contributed by atoms with Crippen molar-refractivity contribution >= 4 is 5.97 Å². The molecule has 1 heterocycles. The van der Waals surface area contributed by atoms with Crippen molar-refractivity contribution in [3.8, 4) is 0 Å². The van der Waals surface area contributed by atoms with Crippen LogP contribution in [-0.2, 0) is 9.53 Å². The summed E-state index contributed by atoms with van der Waals surface area (Å²) in [7, 11) is 0. The van der Waals surface area contributed by atoms with E-state index in [0.29, 0.717) is 6.61 Å². The third kappa shape index (κ3) is 2.97. The number of carbonyl (C=O) groups is 1. The molecule has 0 aromatic heterocycles. The number of hydrazine groups is 1. The molecule has 2 N–H and O–H groups in total. The monoisotopic (exact) mass is 186 g/mol. The number of carbonyl (C=O) groups excluding carboxylic acids is 1. The Hall–Kier alpha value is -0.610. The van der Waals surface area contributed by atoms with Gasteiger partial charge in [-0.3, -0.25) is 10.6 Å². The molecule has 0 aromatic carbocycles. The van der Waals surface area contributed by atoms with Crippen LogP contribution in [0.3, 0.4) is 0 Å². The molecule has 76 valence electrons. The van der Waals surface area contributed by atoms with Crippen LogP contribution in [0.1, 0.15) is 32.6 Å². The van der Waals surface area contributed by atoms with Crippen LogP contribution in [0.2, 0.25) is 0 Å². The van der Waals surface area contributed by atoms with Crippen LogP contribution in [0.25, 0.3) is 0 Å². The van der Waals surface area contributed by atoms with E-state index in [-0.39, 0.29) is 12.0 Å². The summed E-state index contributed by atoms with van der Waals surface area (Å²) in [5.74, 6) is 5.46. The largest absolute Gasteiger partial charge is 0.464 e. The highest BCUT2D eigenvalue weighted by Gasteiger charge is 2.29. The van der Waals surface area contributed by atoms with E-state index in [2.05, 4.69) is 6.92 Å². The van der Waals surface area contributed by atoms with Crippen molar-refractivity contribution in [3.05, 3.63) is 0 Å². The summed E-state index contributed by atoms with van der Waals surface area (Å²) in [5.41, 5.74) is 0. The minimum atomic E-state index is -0.197. The normalized spacial score (nSPS) is 23.4. The summed E-state index contributed by atoms with van der Waals surface area (Å²) in [6, 6.07) is -0.197. The van der Waals surface area contributed by atoms with E-state index < -0.39 is 0 Å². The number of hydrogen-bond donors (Lipinski definition) is 1. The lowest BCUT2D eigenvalue weighted by Gasteiger charge is -2.17. The van der Waals surface area contributed by atoms with Crippen LogP contribution in [0, 0.1) is 0 Å². The first kappa shape index (κ1) is 10.5. The highest BCUT2D eigenvalue weighted by molar-refractivity contribution is 5.76. The molecule has 0 bridgehead atoms. The van der Waals surface area contributed by atoms with Crippen LogP contribution in [-0.4, -0.2) is 30.2 Å². The molecule has 13 heavy (non-hydrogen) atoms. The van der Waals surface area contributed by atoms with Gasteiger partial charge in [-0.1, -0.05) is 13.3 Å². The maximum Gasteiger partial charge on any atom is 0.324 e. The second kappa shape index (κ2) is 5.19. The molecular weight excluding hydrogens is 168 g/mol. The van der Waals surface area contributed by atoms with Gasteiger partial charge in [-0.05, 0) is 19.3 Å². The Balaban J connectivity index is 2.22. The Bertz CT molecular complexity index is 173. The summed E-state index contributed by atoms with van der Waals surface area (Å²) in [5, 5.41) is 1.58. The van der Waals surface area contributed by atoms with Gasteiger partial charge in [-0.25, -0.2) is 5.01 Å². The van der Waals surface area contributed by atoms with Crippen molar-refractivity contribution in [2.45, 2.75) is 38.6 Å². The zero-order valence-electron chi connectivity index (χ0n) is 8.16. The maximum absolute atomic E-state index is 11.4. The highest BCUT2D eigenvalue weighted by Crippen LogP contribution is 2.14. The predicted molar refractivity (Wildman–Crippen MR) is 49.8 cm³/mol. The van der Waals surface area contributed by atoms with Crippen molar-refractivity contribution in [1.29, 1.82) is 0 Å². The third-order valence-electron chi connectivity index (χ3n) is 2.31. The Labute approximate surface area is 79.0 Å². The second-order valence-electron chi connectivity index (χ2n) is 3.42. The summed E-state index contributed by atoms with van der Waals surface area (Å²) in [6.07, 6.45) is 3.80. The fraction of sp³-hybridized carbons (Fsp3) is 0.889. The molecule has 1 aliphatic heterocycles. The van der Waals surface area contributed by atoms with Crippen LogP contribution >= 0.6 is 0 Å². The fourth-order valence-electron chi connectivity index (χ4n) is 1.46. The first-order chi connectivity index (χ1) is 6.25. The molecule has 1 atom stereocenters. The number of rotatable bonds is 4. The van der Waals surface area contributed by atoms with E-state index in [9.17, 15) is 4.79 Å². The quantitative estimate of drug-likeness (QED) is 0.398. The van der Waals surface area contributed by atoms with E-state index in [1.165, 1.54) is 0 Å². The van der Waals surface area contributed by atoms with Gasteiger partial charge in [0.2, 0.25) is 0 Å². The van der Waals surface area contributed by atoms with Gasteiger partial charge < -0.3 is 4.74 Å². The Morgan fingerprint density at radius 1 is 1.69 bits per heavy atom. The van der Waals surface area contributed by atoms with Gasteiger partial charge in [0.25, 0.3) is 0 Å². The molecule has 0 aromatic rings. The van der Waals surface area contributed by atoms with E-state index in [1.54, 1.807) is 5.01 Å². The second-order valence-corrected chi connectivity index (χ2v) is 3.42. The van der Waals surface area contributed by atoms with Crippen LogP contribution < -0.4 is 5.84 Å². The van der Waals surface area contributed by atoms with Crippen LogP contribution in [0.5, 0.6) is 0 Å². The predicted octanol–water partition coefficient (Wildman–Crippen LogP) is 0.668. The Morgan fingerprint density at radius 2 is 2.46 bits per heavy atom. The molecule has 4 nitrogen and oxygen atoms in total. The lowest BCUT2D eigenvalue weighted by atomic mass is 10.2. The first-order valence-electron chi connectivity index (χ1n) is 4.93. The number of ether oxygens (including phenoxy) is 1. The molecule has 1 unspecified atom stereocenters. The van der Waals surface area contributed by atoms with Crippen molar-refractivity contribution in [2.24, 2.45) is 5.84 Å². The summed E-state index contributed by atoms with van der Waals surface area (Å²) in [4.78, 5) is 11.4. The summed E-state index contributed by atoms with van der Waals surface area (Å²) in [6.45, 7) is 3.39. The zero-order valence-corrected chi connectivity index (χ0v) is 8.16. The van der Waals surface area contributed by atoms with E-state index in [4.69, 9.17) is 10.6 Å². The van der Waals surface area contributed by atoms with Crippen LogP contribution in [0.15, 0.2) is 0 Å². The minimum absolute atomic E-state index is 0.159. The topological polar surface area (TPSA) is 55.6 Å². The number of nitrogens with zero attached hydrogens (tertiary/aromatic N) is 1. The van der Waals surface area contributed by atoms with Gasteiger partial charge >= 0.3 is 5.97 Å². The van der Waals surface area contributed by atoms with Crippen molar-refractivity contribution in [1.82, 2.24) is 5.01 Å². The molecule has 0 aliphatic carbocycles. The van der Waals surface area contributed by atoms with Gasteiger partial charge in [0.15, 0.2) is 0 Å². The molecule has 1 fully saturated rings. The molecule has 1 aliphatic rings. The van der Waals surface area contributed by atoms with Gasteiger partial charge in [0.1, 0.15) is 6.04 Å². The van der Waals surface area contributed by atoms with E-state index in [0.717, 1.165) is 32.2 Å². The highest BCUT2D eigenvalue weighted by atomic mass is 16.5. The van der Waals surface area contributed by atoms with Crippen molar-refractivity contribution < 1.29 is 9.53 Å². The van der Waals surface area contributed by atoms with Crippen LogP contribution in [0.4, 0.5) is 0 Å². The average Bonchev–Trinajstić information content (AvgIpc) is 2.52. The molecule has 0 saturated carbocycles. The van der Waals surface area contributed by atoms with E-state index in [1.807, 2.05) is 0 Å². The van der Waals surface area contributed by atoms with Gasteiger partial charge in [0, 0.05) is 6.54 Å². The molecule has 4 heteroatoms. The first-order valence-corrected chi connectivity index (χ1v) is 4.93. The molecule has 1 saturated heterocycles. The molecule has 0 spiro atoms. The maximum atomic E-state index is 11.4. The lowest BCUT2D eigenvalue weighted by Crippen LogP contribution is -2.42. The van der Waals surface area contributed by atoms with Crippen molar-refractivity contribution in [3.63, 3.8) is 0 Å². The number of unbranched alkanes of at least 4 members (excludes halogenated alkanes) is 1. The third-order valence-corrected chi connectivity index (χ3v) is 2.31. The molecule has 0 radical (unpaired) electrons. The molecular formula is C9H18N2O2. The van der Waals surface area contributed by atoms with Gasteiger partial charge in [0.05, 0.1) is 6.61 Å². The lowest BCUT2D eigenvalue weighted by molar-refractivity contribution is -0.149. The number of esters is 1. The molecule has 0 amide bonds. The van der Waals surface area contributed by atoms with E-state index >= 15 is 0 Å². The Kier molecular flexibility index (Phi) is 4.18. The smallest absolute Gasteiger partial charge is 0.324 e. The molecule has 1 rings (SSSR count). The standard InChI is InChI=1S/C9H18N2O2/c1-2-3-7-13-9(12)8-5-4-6-11(8)10/h8H,2-7,10H2,1H3. The van der Waals surface area contributed by atoms with Gasteiger partial charge in [-0.15, -0.1) is 0 Å². The number of hydrogen-bond acceptors (Lipinski definition) is 4.